The minimum Gasteiger partial charge on any atom is -0.275 e. The normalized spacial score (nSPS) is 11.6. The smallest absolute Gasteiger partial charge is 0.168 e. The van der Waals surface area contributed by atoms with E-state index in [1.807, 2.05) is 24.3 Å². The molecule has 0 saturated carbocycles. The van der Waals surface area contributed by atoms with E-state index in [0.29, 0.717) is 0 Å². The first-order chi connectivity index (χ1) is 38.2. The number of nitrogens with zero attached hydrogens (tertiary/aromatic N) is 3. The molecular weight excluding hydrogens is 931 g/mol. The number of aromatic nitrogens is 3. The van der Waals surface area contributed by atoms with E-state index in [-0.39, 0.29) is 0 Å². The average Bonchev–Trinajstić information content (AvgIpc) is 4.02. The van der Waals surface area contributed by atoms with Crippen molar-refractivity contribution in [3.05, 3.63) is 285 Å². The number of hydrogen-bond acceptors (Lipinski definition) is 2. The molecule has 3 heteroatoms. The first-order valence-corrected chi connectivity index (χ1v) is 26.4. The van der Waals surface area contributed by atoms with Crippen molar-refractivity contribution in [2.75, 3.05) is 0 Å². The lowest BCUT2D eigenvalue weighted by Gasteiger charge is -2.20. The zero-order chi connectivity index (χ0) is 50.8. The topological polar surface area (TPSA) is 30.7 Å². The van der Waals surface area contributed by atoms with Gasteiger partial charge in [-0.3, -0.25) is 4.57 Å². The van der Waals surface area contributed by atoms with Crippen LogP contribution in [0.1, 0.15) is 0 Å². The largest absolute Gasteiger partial charge is 0.275 e. The van der Waals surface area contributed by atoms with E-state index in [1.54, 1.807) is 0 Å². The van der Waals surface area contributed by atoms with Crippen LogP contribution in [-0.2, 0) is 0 Å². The lowest BCUT2D eigenvalue weighted by atomic mass is 9.84. The summed E-state index contributed by atoms with van der Waals surface area (Å²) in [6, 6.07) is 104. The first-order valence-electron chi connectivity index (χ1n) is 26.4. The quantitative estimate of drug-likeness (QED) is 0.142. The van der Waals surface area contributed by atoms with Gasteiger partial charge in [-0.15, -0.1) is 10.2 Å². The second-order valence-corrected chi connectivity index (χ2v) is 20.1. The first kappa shape index (κ1) is 44.3. The minimum atomic E-state index is 0.795. The fourth-order valence-electron chi connectivity index (χ4n) is 12.1. The van der Waals surface area contributed by atoms with Gasteiger partial charge >= 0.3 is 0 Å². The monoisotopic (exact) mass is 977 g/mol. The Balaban J connectivity index is 0.853. The predicted octanol–water partition coefficient (Wildman–Crippen LogP) is 19.9. The van der Waals surface area contributed by atoms with Gasteiger partial charge < -0.3 is 0 Å². The Labute approximate surface area is 446 Å². The second kappa shape index (κ2) is 18.3. The SMILES string of the molecule is c1ccc(-c2nnc(-c3ccc(-c4c5ccccc5c(-c5ccc(-c6ccc7c(-c8ccc9ccccc9c8)c8ccccc8c(-c8ccc9ccccc9c8)c7c6)cc5)c5ccccc45)cc3)n2-c2ccccc2)cc1. The molecule has 0 atom stereocenters. The molecule has 0 N–H and O–H groups in total. The molecule has 0 saturated heterocycles. The Morgan fingerprint density at radius 2 is 0.519 bits per heavy atom. The summed E-state index contributed by atoms with van der Waals surface area (Å²) in [7, 11) is 0. The van der Waals surface area contributed by atoms with Gasteiger partial charge in [-0.05, 0) is 151 Å². The summed E-state index contributed by atoms with van der Waals surface area (Å²) in [5, 5.41) is 24.3. The highest BCUT2D eigenvalue weighted by Crippen LogP contribution is 2.48. The zero-order valence-corrected chi connectivity index (χ0v) is 42.0. The van der Waals surface area contributed by atoms with Crippen LogP contribution in [0, 0.1) is 0 Å². The van der Waals surface area contributed by atoms with E-state index in [2.05, 4.69) is 265 Å². The Hall–Kier alpha value is -10.2. The number of hydrogen-bond donors (Lipinski definition) is 0. The summed E-state index contributed by atoms with van der Waals surface area (Å²) in [5.41, 5.74) is 15.1. The molecule has 0 amide bonds. The highest BCUT2D eigenvalue weighted by atomic mass is 15.3. The third-order valence-electron chi connectivity index (χ3n) is 15.7. The van der Waals surface area contributed by atoms with Crippen LogP contribution in [0.4, 0.5) is 0 Å². The van der Waals surface area contributed by atoms with Crippen LogP contribution in [0.2, 0.25) is 0 Å². The molecule has 358 valence electrons. The molecule has 1 aromatic heterocycles. The summed E-state index contributed by atoms with van der Waals surface area (Å²) >= 11 is 0. The molecule has 0 unspecified atom stereocenters. The standard InChI is InChI=1S/C74H47N3/c1-3-19-53(20-4-1)73-75-76-74(77(73)60-23-5-2-6-24-60)54-39-37-52(38-40-54)70-63-27-13-11-25-61(63)69(62-26-12-14-28-64(62)70)51-35-31-50(32-36-51)57-43-44-67-68(47-57)72(59-42-34-49-18-8-10-22-56(49)46-59)66-30-16-15-29-65(66)71(67)58-41-33-48-17-7-9-21-55(48)45-58/h1-47H. The van der Waals surface area contributed by atoms with E-state index >= 15 is 0 Å². The van der Waals surface area contributed by atoms with Crippen molar-refractivity contribution in [3.8, 4) is 84.1 Å². The number of para-hydroxylation sites is 1. The van der Waals surface area contributed by atoms with Crippen LogP contribution in [-0.4, -0.2) is 14.8 Å². The molecule has 0 aliphatic heterocycles. The molecule has 15 aromatic rings. The van der Waals surface area contributed by atoms with Crippen molar-refractivity contribution in [2.24, 2.45) is 0 Å². The third kappa shape index (κ3) is 7.51. The van der Waals surface area contributed by atoms with E-state index < -0.39 is 0 Å². The van der Waals surface area contributed by atoms with Crippen LogP contribution < -0.4 is 0 Å². The van der Waals surface area contributed by atoms with Crippen molar-refractivity contribution in [1.82, 2.24) is 14.8 Å². The maximum atomic E-state index is 4.80. The summed E-state index contributed by atoms with van der Waals surface area (Å²) in [4.78, 5) is 0. The van der Waals surface area contributed by atoms with E-state index in [4.69, 9.17) is 10.2 Å². The number of benzene rings is 14. The van der Waals surface area contributed by atoms with Gasteiger partial charge in [0, 0.05) is 16.8 Å². The van der Waals surface area contributed by atoms with Crippen LogP contribution >= 0.6 is 0 Å². The number of fused-ring (bicyclic) bond motifs is 6. The Bertz CT molecular complexity index is 4710. The van der Waals surface area contributed by atoms with Gasteiger partial charge in [0.15, 0.2) is 11.6 Å². The minimum absolute atomic E-state index is 0.795. The average molecular weight is 978 g/mol. The summed E-state index contributed by atoms with van der Waals surface area (Å²) < 4.78 is 2.16. The Kier molecular flexibility index (Phi) is 10.5. The van der Waals surface area contributed by atoms with E-state index in [0.717, 1.165) is 34.0 Å². The van der Waals surface area contributed by atoms with Crippen molar-refractivity contribution in [3.63, 3.8) is 0 Å². The second-order valence-electron chi connectivity index (χ2n) is 20.1. The molecule has 77 heavy (non-hydrogen) atoms. The lowest BCUT2D eigenvalue weighted by molar-refractivity contribution is 1.07. The van der Waals surface area contributed by atoms with Crippen molar-refractivity contribution < 1.29 is 0 Å². The maximum absolute atomic E-state index is 4.80. The molecule has 0 aliphatic carbocycles. The molecule has 15 rings (SSSR count). The van der Waals surface area contributed by atoms with Gasteiger partial charge in [0.2, 0.25) is 0 Å². The summed E-state index contributed by atoms with van der Waals surface area (Å²) in [6.45, 7) is 0. The van der Waals surface area contributed by atoms with Gasteiger partial charge in [-0.25, -0.2) is 0 Å². The summed E-state index contributed by atoms with van der Waals surface area (Å²) in [6.07, 6.45) is 0. The van der Waals surface area contributed by atoms with Crippen LogP contribution in [0.25, 0.3) is 149 Å². The van der Waals surface area contributed by atoms with Gasteiger partial charge in [-0.2, -0.15) is 0 Å². The van der Waals surface area contributed by atoms with Gasteiger partial charge in [0.25, 0.3) is 0 Å². The molecule has 0 radical (unpaired) electrons. The molecule has 0 fully saturated rings. The molecule has 14 aromatic carbocycles. The van der Waals surface area contributed by atoms with Crippen LogP contribution in [0.5, 0.6) is 0 Å². The predicted molar refractivity (Wildman–Crippen MR) is 324 cm³/mol. The Morgan fingerprint density at radius 3 is 1.00 bits per heavy atom. The van der Waals surface area contributed by atoms with E-state index in [1.165, 1.54) is 115 Å². The summed E-state index contributed by atoms with van der Waals surface area (Å²) in [5.74, 6) is 1.60. The fourth-order valence-corrected chi connectivity index (χ4v) is 12.1. The van der Waals surface area contributed by atoms with Crippen LogP contribution in [0.15, 0.2) is 285 Å². The highest BCUT2D eigenvalue weighted by Gasteiger charge is 2.22. The van der Waals surface area contributed by atoms with Gasteiger partial charge in [0.05, 0.1) is 0 Å². The highest BCUT2D eigenvalue weighted by molar-refractivity contribution is 6.24. The van der Waals surface area contributed by atoms with Crippen molar-refractivity contribution in [1.29, 1.82) is 0 Å². The van der Waals surface area contributed by atoms with Crippen molar-refractivity contribution >= 4 is 64.6 Å². The zero-order valence-electron chi connectivity index (χ0n) is 42.0. The van der Waals surface area contributed by atoms with Gasteiger partial charge in [-0.1, -0.05) is 255 Å². The number of rotatable bonds is 8. The van der Waals surface area contributed by atoms with Crippen molar-refractivity contribution in [2.45, 2.75) is 0 Å². The third-order valence-corrected chi connectivity index (χ3v) is 15.7. The molecule has 0 spiro atoms. The maximum Gasteiger partial charge on any atom is 0.168 e. The fraction of sp³-hybridized carbons (Fsp3) is 0. The van der Waals surface area contributed by atoms with Crippen LogP contribution in [0.3, 0.4) is 0 Å². The Morgan fingerprint density at radius 1 is 0.195 bits per heavy atom. The molecule has 3 nitrogen and oxygen atoms in total. The van der Waals surface area contributed by atoms with Gasteiger partial charge in [0.1, 0.15) is 0 Å². The molecule has 0 bridgehead atoms. The lowest BCUT2D eigenvalue weighted by Crippen LogP contribution is -2.00. The molecule has 0 aliphatic rings. The molecular formula is C74H47N3. The molecule has 1 heterocycles. The van der Waals surface area contributed by atoms with E-state index in [9.17, 15) is 0 Å².